The summed E-state index contributed by atoms with van der Waals surface area (Å²) in [5.41, 5.74) is 3.22. The Morgan fingerprint density at radius 3 is 1.40 bits per heavy atom. The predicted molar refractivity (Wildman–Crippen MR) is 177 cm³/mol. The Bertz CT molecular complexity index is 953. The fourth-order valence-corrected chi connectivity index (χ4v) is 13.8. The fraction of sp³-hybridized carbons (Fsp3) is 1.00. The molecule has 0 bridgehead atoms. The summed E-state index contributed by atoms with van der Waals surface area (Å²) in [6.07, 6.45) is 18.8. The summed E-state index contributed by atoms with van der Waals surface area (Å²) in [4.78, 5) is 0. The van der Waals surface area contributed by atoms with Crippen molar-refractivity contribution in [2.45, 2.75) is 125 Å². The second-order valence-corrected chi connectivity index (χ2v) is 19.1. The first-order chi connectivity index (χ1) is 19.9. The van der Waals surface area contributed by atoms with Gasteiger partial charge in [0.05, 0.1) is 0 Å². The van der Waals surface area contributed by atoms with E-state index in [9.17, 15) is 0 Å². The smallest absolute Gasteiger partial charge is 0.000850 e. The van der Waals surface area contributed by atoms with Gasteiger partial charge in [-0.2, -0.15) is 0 Å². The average Bonchev–Trinajstić information content (AvgIpc) is 3.45. The molecule has 2 unspecified atom stereocenters. The van der Waals surface area contributed by atoms with Crippen molar-refractivity contribution in [2.24, 2.45) is 61.6 Å². The van der Waals surface area contributed by atoms with Crippen LogP contribution in [0, 0.1) is 61.6 Å². The first-order valence-electron chi connectivity index (χ1n) is 18.7. The van der Waals surface area contributed by atoms with Crippen LogP contribution in [0.1, 0.15) is 125 Å². The molecule has 2 atom stereocenters. The quantitative estimate of drug-likeness (QED) is 0.262. The largest absolute Gasteiger partial charge is 0.317 e. The molecular weight excluding hydrogens is 512 g/mol. The van der Waals surface area contributed by atoms with Crippen LogP contribution in [0.25, 0.3) is 0 Å². The van der Waals surface area contributed by atoms with Crippen LogP contribution in [0.15, 0.2) is 0 Å². The maximum Gasteiger partial charge on any atom is 0.000850 e. The Balaban J connectivity index is 1.28. The summed E-state index contributed by atoms with van der Waals surface area (Å²) in [7, 11) is 0. The van der Waals surface area contributed by atoms with E-state index in [2.05, 4.69) is 62.8 Å². The normalized spacial score (nSPS) is 36.1. The van der Waals surface area contributed by atoms with Crippen LogP contribution in [0.5, 0.6) is 0 Å². The molecule has 4 saturated heterocycles. The lowest BCUT2D eigenvalue weighted by Gasteiger charge is -2.76. The van der Waals surface area contributed by atoms with Gasteiger partial charge in [-0.15, -0.1) is 0 Å². The second-order valence-electron chi connectivity index (χ2n) is 19.1. The number of hydrogen-bond donors (Lipinski definition) is 4. The monoisotopic (exact) mass is 581 g/mol. The van der Waals surface area contributed by atoms with E-state index in [-0.39, 0.29) is 0 Å². The van der Waals surface area contributed by atoms with Gasteiger partial charge in [-0.1, -0.05) is 41.5 Å². The maximum atomic E-state index is 3.82. The van der Waals surface area contributed by atoms with E-state index in [1.807, 2.05) is 0 Å². The SMILES string of the molecule is CC(C)(C1CC2(CCCNC2)C1)C(C)(C1CC2(CCNCC2)C1)C(C)(C1CC2(CCNC2)C1)C(C)(C)C1CCNCC1. The third-order valence-corrected chi connectivity index (χ3v) is 17.4. The Morgan fingerprint density at radius 2 is 0.857 bits per heavy atom. The molecule has 7 rings (SSSR count). The molecule has 3 saturated carbocycles. The number of piperidine rings is 3. The van der Waals surface area contributed by atoms with Crippen molar-refractivity contribution in [3.8, 4) is 0 Å². The summed E-state index contributed by atoms with van der Waals surface area (Å²) >= 11 is 0. The molecule has 0 aromatic rings. The number of hydrogen-bond acceptors (Lipinski definition) is 4. The van der Waals surface area contributed by atoms with E-state index in [4.69, 9.17) is 0 Å². The average molecular weight is 581 g/mol. The van der Waals surface area contributed by atoms with Crippen LogP contribution in [-0.2, 0) is 0 Å². The summed E-state index contributed by atoms with van der Waals surface area (Å²) in [5, 5.41) is 15.1. The van der Waals surface area contributed by atoms with Crippen LogP contribution in [0.3, 0.4) is 0 Å². The van der Waals surface area contributed by atoms with Crippen molar-refractivity contribution >= 4 is 0 Å². The van der Waals surface area contributed by atoms with E-state index in [1.54, 1.807) is 0 Å². The molecule has 4 heteroatoms. The molecule has 0 aromatic carbocycles. The van der Waals surface area contributed by atoms with Gasteiger partial charge in [-0.25, -0.2) is 0 Å². The lowest BCUT2D eigenvalue weighted by atomic mass is 9.28. The topological polar surface area (TPSA) is 48.1 Å². The van der Waals surface area contributed by atoms with Crippen molar-refractivity contribution in [1.82, 2.24) is 21.3 Å². The van der Waals surface area contributed by atoms with Crippen LogP contribution in [0.2, 0.25) is 0 Å². The van der Waals surface area contributed by atoms with Gasteiger partial charge in [-0.3, -0.25) is 0 Å². The molecule has 4 N–H and O–H groups in total. The molecule has 4 nitrogen and oxygen atoms in total. The molecule has 3 spiro atoms. The molecule has 0 radical (unpaired) electrons. The van der Waals surface area contributed by atoms with E-state index >= 15 is 0 Å². The fourth-order valence-electron chi connectivity index (χ4n) is 13.8. The molecule has 7 aliphatic rings. The zero-order chi connectivity index (χ0) is 29.5. The molecule has 0 aromatic heterocycles. The molecule has 3 aliphatic carbocycles. The first kappa shape index (κ1) is 30.5. The van der Waals surface area contributed by atoms with E-state index in [1.165, 1.54) is 136 Å². The highest BCUT2D eigenvalue weighted by atomic mass is 14.9. The molecule has 0 amide bonds. The van der Waals surface area contributed by atoms with Crippen LogP contribution in [0.4, 0.5) is 0 Å². The van der Waals surface area contributed by atoms with Crippen molar-refractivity contribution in [1.29, 1.82) is 0 Å². The Morgan fingerprint density at radius 1 is 0.429 bits per heavy atom. The predicted octanol–water partition coefficient (Wildman–Crippen LogP) is 7.00. The second kappa shape index (κ2) is 10.4. The van der Waals surface area contributed by atoms with Gasteiger partial charge >= 0.3 is 0 Å². The first-order valence-corrected chi connectivity index (χ1v) is 18.7. The zero-order valence-electron chi connectivity index (χ0n) is 28.7. The Kier molecular flexibility index (Phi) is 7.57. The molecule has 240 valence electrons. The highest BCUT2D eigenvalue weighted by Gasteiger charge is 2.73. The van der Waals surface area contributed by atoms with Gasteiger partial charge in [-0.05, 0) is 184 Å². The molecule has 4 heterocycles. The zero-order valence-corrected chi connectivity index (χ0v) is 28.7. The Hall–Kier alpha value is -0.160. The van der Waals surface area contributed by atoms with Gasteiger partial charge in [0.15, 0.2) is 0 Å². The van der Waals surface area contributed by atoms with E-state index < -0.39 is 0 Å². The van der Waals surface area contributed by atoms with Crippen LogP contribution >= 0.6 is 0 Å². The molecule has 4 aliphatic heterocycles. The third-order valence-electron chi connectivity index (χ3n) is 17.4. The van der Waals surface area contributed by atoms with Crippen LogP contribution < -0.4 is 21.3 Å². The maximum absolute atomic E-state index is 3.82. The summed E-state index contributed by atoms with van der Waals surface area (Å²) in [5.74, 6) is 3.44. The Labute approximate surface area is 259 Å². The van der Waals surface area contributed by atoms with Gasteiger partial charge in [0.1, 0.15) is 0 Å². The summed E-state index contributed by atoms with van der Waals surface area (Å²) in [6.45, 7) is 27.1. The lowest BCUT2D eigenvalue weighted by molar-refractivity contribution is -0.279. The standard InChI is InChI=1S/C38H68N4/c1-32(2,28-8-15-39-16-9-28)34(5,31-24-38(25-31)13-19-42-27-38)35(6,30-22-36(23-30)11-17-40-18-12-36)33(3,4)29-20-37(21-29)10-7-14-41-26-37/h28-31,39-42H,7-27H2,1-6H3. The van der Waals surface area contributed by atoms with Crippen molar-refractivity contribution in [3.05, 3.63) is 0 Å². The van der Waals surface area contributed by atoms with Crippen LogP contribution in [-0.4, -0.2) is 52.4 Å². The van der Waals surface area contributed by atoms with Gasteiger partial charge in [0, 0.05) is 13.1 Å². The van der Waals surface area contributed by atoms with Gasteiger partial charge < -0.3 is 21.3 Å². The molecular formula is C38H68N4. The minimum Gasteiger partial charge on any atom is -0.317 e. The van der Waals surface area contributed by atoms with Gasteiger partial charge in [0.2, 0.25) is 0 Å². The number of nitrogens with one attached hydrogen (secondary N) is 4. The van der Waals surface area contributed by atoms with Crippen molar-refractivity contribution < 1.29 is 0 Å². The number of rotatable bonds is 7. The summed E-state index contributed by atoms with van der Waals surface area (Å²) < 4.78 is 0. The molecule has 7 fully saturated rings. The summed E-state index contributed by atoms with van der Waals surface area (Å²) in [6, 6.07) is 0. The highest BCUT2D eigenvalue weighted by molar-refractivity contribution is 5.22. The lowest BCUT2D eigenvalue weighted by Crippen LogP contribution is -2.71. The highest BCUT2D eigenvalue weighted by Crippen LogP contribution is 2.79. The minimum absolute atomic E-state index is 0.337. The minimum atomic E-state index is 0.337. The van der Waals surface area contributed by atoms with Crippen molar-refractivity contribution in [2.75, 3.05) is 52.4 Å². The van der Waals surface area contributed by atoms with Crippen molar-refractivity contribution in [3.63, 3.8) is 0 Å². The third kappa shape index (κ3) is 4.33. The van der Waals surface area contributed by atoms with E-state index in [0.717, 1.165) is 23.7 Å². The van der Waals surface area contributed by atoms with E-state index in [0.29, 0.717) is 37.9 Å². The van der Waals surface area contributed by atoms with Gasteiger partial charge in [0.25, 0.3) is 0 Å². The molecule has 42 heavy (non-hydrogen) atoms.